The maximum atomic E-state index is 14.1. The molecular weight excluding hydrogens is 400 g/mol. The molecule has 0 saturated carbocycles. The van der Waals surface area contributed by atoms with Crippen molar-refractivity contribution in [3.05, 3.63) is 65.7 Å². The standard InChI is InChI=1S/C18H9ClF4N4O/c19-17-16-10(7-25-12(16)3-4-24-17)13-5-14(11(20)8-26-13)28-9-1-2-15(27-6-9)18(21,22)23/h1-8,25H. The van der Waals surface area contributed by atoms with E-state index in [1.54, 1.807) is 12.3 Å². The fourth-order valence-corrected chi connectivity index (χ4v) is 2.88. The van der Waals surface area contributed by atoms with Crippen molar-refractivity contribution < 1.29 is 22.3 Å². The molecule has 4 aromatic heterocycles. The molecule has 0 bridgehead atoms. The second-order valence-corrected chi connectivity index (χ2v) is 6.06. The van der Waals surface area contributed by atoms with E-state index in [2.05, 4.69) is 19.9 Å². The van der Waals surface area contributed by atoms with Gasteiger partial charge in [-0.2, -0.15) is 13.2 Å². The fourth-order valence-electron chi connectivity index (χ4n) is 2.62. The van der Waals surface area contributed by atoms with Crippen LogP contribution in [0.3, 0.4) is 0 Å². The highest BCUT2D eigenvalue weighted by atomic mass is 35.5. The lowest BCUT2D eigenvalue weighted by atomic mass is 10.1. The number of nitrogens with zero attached hydrogens (tertiary/aromatic N) is 3. The Morgan fingerprint density at radius 1 is 1.04 bits per heavy atom. The number of nitrogens with one attached hydrogen (secondary N) is 1. The van der Waals surface area contributed by atoms with E-state index in [1.807, 2.05) is 0 Å². The summed E-state index contributed by atoms with van der Waals surface area (Å²) in [6, 6.07) is 4.85. The van der Waals surface area contributed by atoms with Crippen LogP contribution in [0.1, 0.15) is 5.69 Å². The molecule has 0 aliphatic carbocycles. The summed E-state index contributed by atoms with van der Waals surface area (Å²) < 4.78 is 57.3. The molecule has 10 heteroatoms. The number of fused-ring (bicyclic) bond motifs is 1. The monoisotopic (exact) mass is 408 g/mol. The van der Waals surface area contributed by atoms with Crippen LogP contribution < -0.4 is 4.74 Å². The summed E-state index contributed by atoms with van der Waals surface area (Å²) in [4.78, 5) is 14.3. The number of H-pyrrole nitrogens is 1. The molecule has 4 aromatic rings. The molecule has 4 rings (SSSR count). The van der Waals surface area contributed by atoms with Crippen molar-refractivity contribution in [2.24, 2.45) is 0 Å². The van der Waals surface area contributed by atoms with Gasteiger partial charge < -0.3 is 9.72 Å². The summed E-state index contributed by atoms with van der Waals surface area (Å²) >= 11 is 6.14. The highest BCUT2D eigenvalue weighted by molar-refractivity contribution is 6.35. The Kier molecular flexibility index (Phi) is 4.38. The van der Waals surface area contributed by atoms with Gasteiger partial charge in [0, 0.05) is 29.4 Å². The van der Waals surface area contributed by atoms with E-state index in [1.165, 1.54) is 12.3 Å². The van der Waals surface area contributed by atoms with Crippen LogP contribution in [-0.4, -0.2) is 19.9 Å². The first kappa shape index (κ1) is 18.2. The van der Waals surface area contributed by atoms with Crippen LogP contribution in [0.4, 0.5) is 17.6 Å². The van der Waals surface area contributed by atoms with Crippen LogP contribution in [0, 0.1) is 5.82 Å². The van der Waals surface area contributed by atoms with Crippen LogP contribution >= 0.6 is 11.6 Å². The molecule has 142 valence electrons. The molecule has 0 unspecified atom stereocenters. The van der Waals surface area contributed by atoms with E-state index < -0.39 is 17.7 Å². The molecule has 0 aliphatic rings. The number of hydrogen-bond donors (Lipinski definition) is 1. The van der Waals surface area contributed by atoms with Gasteiger partial charge in [-0.05, 0) is 18.2 Å². The zero-order chi connectivity index (χ0) is 19.9. The van der Waals surface area contributed by atoms with E-state index in [9.17, 15) is 17.6 Å². The first-order chi connectivity index (χ1) is 13.3. The second kappa shape index (κ2) is 6.75. The van der Waals surface area contributed by atoms with Crippen LogP contribution in [0.25, 0.3) is 22.2 Å². The second-order valence-electron chi connectivity index (χ2n) is 5.71. The summed E-state index contributed by atoms with van der Waals surface area (Å²) in [5.41, 5.74) is 0.563. The Labute approximate surface area is 160 Å². The molecule has 0 spiro atoms. The van der Waals surface area contributed by atoms with Crippen LogP contribution in [-0.2, 0) is 6.18 Å². The average molecular weight is 409 g/mol. The molecule has 28 heavy (non-hydrogen) atoms. The topological polar surface area (TPSA) is 63.7 Å². The molecule has 0 atom stereocenters. The van der Waals surface area contributed by atoms with Crippen LogP contribution in [0.15, 0.2) is 49.1 Å². The molecule has 4 heterocycles. The molecule has 0 aliphatic heterocycles. The normalized spacial score (nSPS) is 11.8. The Hall–Kier alpha value is -3.20. The van der Waals surface area contributed by atoms with Crippen molar-refractivity contribution in [3.63, 3.8) is 0 Å². The van der Waals surface area contributed by atoms with Crippen LogP contribution in [0.5, 0.6) is 11.5 Å². The number of ether oxygens (including phenoxy) is 1. The van der Waals surface area contributed by atoms with Crippen molar-refractivity contribution in [3.8, 4) is 22.8 Å². The number of halogens is 5. The lowest BCUT2D eigenvalue weighted by molar-refractivity contribution is -0.141. The quantitative estimate of drug-likeness (QED) is 0.353. The average Bonchev–Trinajstić information content (AvgIpc) is 3.09. The molecule has 0 radical (unpaired) electrons. The van der Waals surface area contributed by atoms with Crippen LogP contribution in [0.2, 0.25) is 5.15 Å². The van der Waals surface area contributed by atoms with E-state index in [0.717, 1.165) is 30.0 Å². The Bertz CT molecular complexity index is 1160. The van der Waals surface area contributed by atoms with Crippen molar-refractivity contribution in [2.75, 3.05) is 0 Å². The summed E-state index contributed by atoms with van der Waals surface area (Å²) in [5, 5.41) is 0.847. The maximum absolute atomic E-state index is 14.1. The van der Waals surface area contributed by atoms with Crippen molar-refractivity contribution in [1.82, 2.24) is 19.9 Å². The number of aromatic nitrogens is 4. The molecule has 0 aromatic carbocycles. The number of alkyl halides is 3. The van der Waals surface area contributed by atoms with Crippen molar-refractivity contribution in [2.45, 2.75) is 6.18 Å². The Morgan fingerprint density at radius 3 is 2.57 bits per heavy atom. The molecule has 5 nitrogen and oxygen atoms in total. The minimum atomic E-state index is -4.57. The summed E-state index contributed by atoms with van der Waals surface area (Å²) in [7, 11) is 0. The Balaban J connectivity index is 1.70. The molecule has 0 saturated heterocycles. The van der Waals surface area contributed by atoms with Crippen molar-refractivity contribution in [1.29, 1.82) is 0 Å². The van der Waals surface area contributed by atoms with E-state index in [4.69, 9.17) is 16.3 Å². The van der Waals surface area contributed by atoms with Gasteiger partial charge >= 0.3 is 6.18 Å². The lowest BCUT2D eigenvalue weighted by Gasteiger charge is -2.10. The first-order valence-electron chi connectivity index (χ1n) is 7.81. The van der Waals surface area contributed by atoms with E-state index in [-0.39, 0.29) is 16.7 Å². The van der Waals surface area contributed by atoms with Gasteiger partial charge in [-0.25, -0.2) is 14.4 Å². The summed E-state index contributed by atoms with van der Waals surface area (Å²) in [5.74, 6) is -1.06. The van der Waals surface area contributed by atoms with Gasteiger partial charge in [0.2, 0.25) is 0 Å². The summed E-state index contributed by atoms with van der Waals surface area (Å²) in [6.07, 6.45) is 0.424. The SMILES string of the molecule is Fc1cnc(-c2c[nH]c3ccnc(Cl)c23)cc1Oc1ccc(C(F)(F)F)nc1. The highest BCUT2D eigenvalue weighted by Crippen LogP contribution is 2.35. The fraction of sp³-hybridized carbons (Fsp3) is 0.0556. The lowest BCUT2D eigenvalue weighted by Crippen LogP contribution is -2.07. The third-order valence-electron chi connectivity index (χ3n) is 3.90. The molecule has 0 fully saturated rings. The predicted octanol–water partition coefficient (Wildman–Crippen LogP) is 5.62. The highest BCUT2D eigenvalue weighted by Gasteiger charge is 2.32. The molecular formula is C18H9ClF4N4O. The predicted molar refractivity (Wildman–Crippen MR) is 93.6 cm³/mol. The zero-order valence-corrected chi connectivity index (χ0v) is 14.5. The zero-order valence-electron chi connectivity index (χ0n) is 13.8. The third kappa shape index (κ3) is 3.36. The maximum Gasteiger partial charge on any atom is 0.433 e. The largest absolute Gasteiger partial charge is 0.453 e. The molecule has 0 amide bonds. The van der Waals surface area contributed by atoms with Crippen molar-refractivity contribution >= 4 is 22.5 Å². The third-order valence-corrected chi connectivity index (χ3v) is 4.18. The van der Waals surface area contributed by atoms with Gasteiger partial charge in [0.25, 0.3) is 0 Å². The molecule has 1 N–H and O–H groups in total. The van der Waals surface area contributed by atoms with Gasteiger partial charge in [-0.3, -0.25) is 4.98 Å². The van der Waals surface area contributed by atoms with E-state index in [0.29, 0.717) is 16.6 Å². The van der Waals surface area contributed by atoms with E-state index >= 15 is 0 Å². The number of aromatic amines is 1. The first-order valence-corrected chi connectivity index (χ1v) is 8.19. The van der Waals surface area contributed by atoms with Gasteiger partial charge in [0.1, 0.15) is 16.6 Å². The Morgan fingerprint density at radius 2 is 1.86 bits per heavy atom. The van der Waals surface area contributed by atoms with Gasteiger partial charge in [-0.15, -0.1) is 0 Å². The summed E-state index contributed by atoms with van der Waals surface area (Å²) in [6.45, 7) is 0. The van der Waals surface area contributed by atoms with Gasteiger partial charge in [0.15, 0.2) is 11.6 Å². The van der Waals surface area contributed by atoms with Gasteiger partial charge in [0.05, 0.1) is 23.6 Å². The minimum absolute atomic E-state index is 0.0531. The number of pyridine rings is 3. The number of hydrogen-bond acceptors (Lipinski definition) is 4. The van der Waals surface area contributed by atoms with Gasteiger partial charge in [-0.1, -0.05) is 11.6 Å². The smallest absolute Gasteiger partial charge is 0.433 e. The number of rotatable bonds is 3. The minimum Gasteiger partial charge on any atom is -0.453 e.